The maximum absolute atomic E-state index is 6.15. The van der Waals surface area contributed by atoms with Gasteiger partial charge in [0.25, 0.3) is 0 Å². The standard InChI is InChI=1S/C15H13N3S/c16-15(14-10-17-19-18-14)13-8-6-12(7-9-13)11-4-2-1-3-5-11/h1-10,15H,16H2. The zero-order valence-electron chi connectivity index (χ0n) is 10.2. The first kappa shape index (κ1) is 12.0. The van der Waals surface area contributed by atoms with Crippen molar-refractivity contribution in [2.24, 2.45) is 5.73 Å². The first-order valence-electron chi connectivity index (χ1n) is 6.03. The van der Waals surface area contributed by atoms with Crippen molar-refractivity contribution < 1.29 is 0 Å². The van der Waals surface area contributed by atoms with Gasteiger partial charge in [0.05, 0.1) is 29.7 Å². The second kappa shape index (κ2) is 5.30. The second-order valence-electron chi connectivity index (χ2n) is 4.30. The molecule has 0 fully saturated rings. The molecule has 2 N–H and O–H groups in total. The average Bonchev–Trinajstić information content (AvgIpc) is 3.02. The van der Waals surface area contributed by atoms with Crippen molar-refractivity contribution in [2.75, 3.05) is 0 Å². The first-order valence-corrected chi connectivity index (χ1v) is 6.76. The van der Waals surface area contributed by atoms with E-state index in [2.05, 4.69) is 33.0 Å². The largest absolute Gasteiger partial charge is 0.319 e. The maximum atomic E-state index is 6.15. The highest BCUT2D eigenvalue weighted by molar-refractivity contribution is 6.99. The van der Waals surface area contributed by atoms with Crippen LogP contribution in [0.15, 0.2) is 60.8 Å². The van der Waals surface area contributed by atoms with Gasteiger partial charge in [0.15, 0.2) is 0 Å². The van der Waals surface area contributed by atoms with Crippen molar-refractivity contribution in [2.45, 2.75) is 6.04 Å². The number of aromatic nitrogens is 2. The van der Waals surface area contributed by atoms with Crippen molar-refractivity contribution >= 4 is 11.7 Å². The molecule has 1 aromatic heterocycles. The van der Waals surface area contributed by atoms with E-state index in [1.54, 1.807) is 6.20 Å². The Morgan fingerprint density at radius 3 is 2.21 bits per heavy atom. The summed E-state index contributed by atoms with van der Waals surface area (Å²) in [7, 11) is 0. The maximum Gasteiger partial charge on any atom is 0.0955 e. The van der Waals surface area contributed by atoms with Gasteiger partial charge >= 0.3 is 0 Å². The molecule has 0 bridgehead atoms. The summed E-state index contributed by atoms with van der Waals surface area (Å²) in [6.07, 6.45) is 1.72. The molecule has 19 heavy (non-hydrogen) atoms. The van der Waals surface area contributed by atoms with Crippen LogP contribution in [0.1, 0.15) is 17.3 Å². The van der Waals surface area contributed by atoms with Gasteiger partial charge in [-0.2, -0.15) is 8.75 Å². The van der Waals surface area contributed by atoms with Gasteiger partial charge in [0.1, 0.15) is 0 Å². The number of hydrogen-bond acceptors (Lipinski definition) is 4. The molecule has 0 saturated heterocycles. The molecular weight excluding hydrogens is 254 g/mol. The number of nitrogens with two attached hydrogens (primary N) is 1. The fourth-order valence-corrected chi connectivity index (χ4v) is 2.45. The summed E-state index contributed by atoms with van der Waals surface area (Å²) in [5, 5.41) is 0. The van der Waals surface area contributed by atoms with Crippen molar-refractivity contribution in [3.05, 3.63) is 72.1 Å². The Balaban J connectivity index is 1.87. The SMILES string of the molecule is NC(c1ccc(-c2ccccc2)cc1)c1cnsn1. The Bertz CT molecular complexity index is 633. The van der Waals surface area contributed by atoms with E-state index < -0.39 is 0 Å². The van der Waals surface area contributed by atoms with Crippen molar-refractivity contribution in [1.82, 2.24) is 8.75 Å². The van der Waals surface area contributed by atoms with E-state index >= 15 is 0 Å². The highest BCUT2D eigenvalue weighted by atomic mass is 32.1. The van der Waals surface area contributed by atoms with Crippen LogP contribution in [0, 0.1) is 0 Å². The van der Waals surface area contributed by atoms with Crippen LogP contribution >= 0.6 is 11.7 Å². The van der Waals surface area contributed by atoms with Crippen molar-refractivity contribution in [3.8, 4) is 11.1 Å². The smallest absolute Gasteiger partial charge is 0.0955 e. The third kappa shape index (κ3) is 2.54. The summed E-state index contributed by atoms with van der Waals surface area (Å²) in [4.78, 5) is 0. The average molecular weight is 267 g/mol. The highest BCUT2D eigenvalue weighted by Gasteiger charge is 2.11. The molecule has 0 aliphatic carbocycles. The Hall–Kier alpha value is -2.04. The molecule has 0 aliphatic heterocycles. The Labute approximate surface area is 116 Å². The monoisotopic (exact) mass is 267 g/mol. The molecule has 0 amide bonds. The molecule has 1 atom stereocenters. The predicted octanol–water partition coefficient (Wildman–Crippen LogP) is 3.25. The minimum absolute atomic E-state index is 0.205. The van der Waals surface area contributed by atoms with Crippen LogP contribution in [0.3, 0.4) is 0 Å². The lowest BCUT2D eigenvalue weighted by atomic mass is 10.00. The molecule has 0 radical (unpaired) electrons. The quantitative estimate of drug-likeness (QED) is 0.792. The van der Waals surface area contributed by atoms with Crippen molar-refractivity contribution in [1.29, 1.82) is 0 Å². The summed E-state index contributed by atoms with van der Waals surface area (Å²) in [6, 6.07) is 18.4. The number of hydrogen-bond donors (Lipinski definition) is 1. The van der Waals surface area contributed by atoms with E-state index in [4.69, 9.17) is 5.73 Å². The fourth-order valence-electron chi connectivity index (χ4n) is 1.99. The minimum atomic E-state index is -0.205. The Morgan fingerprint density at radius 1 is 0.895 bits per heavy atom. The highest BCUT2D eigenvalue weighted by Crippen LogP contribution is 2.23. The number of rotatable bonds is 3. The summed E-state index contributed by atoms with van der Waals surface area (Å²) in [5.74, 6) is 0. The lowest BCUT2D eigenvalue weighted by molar-refractivity contribution is 0.844. The molecular formula is C15H13N3S. The van der Waals surface area contributed by atoms with E-state index in [1.807, 2.05) is 30.3 Å². The topological polar surface area (TPSA) is 51.8 Å². The first-order chi connectivity index (χ1) is 9.34. The van der Waals surface area contributed by atoms with Crippen molar-refractivity contribution in [3.63, 3.8) is 0 Å². The van der Waals surface area contributed by atoms with Gasteiger partial charge in [-0.25, -0.2) is 0 Å². The van der Waals surface area contributed by atoms with Gasteiger partial charge in [-0.15, -0.1) is 0 Å². The third-order valence-electron chi connectivity index (χ3n) is 3.07. The molecule has 1 unspecified atom stereocenters. The van der Waals surface area contributed by atoms with Gasteiger partial charge in [-0.3, -0.25) is 0 Å². The van der Waals surface area contributed by atoms with Gasteiger partial charge in [-0.05, 0) is 16.7 Å². The second-order valence-corrected chi connectivity index (χ2v) is 4.85. The predicted molar refractivity (Wildman–Crippen MR) is 77.8 cm³/mol. The van der Waals surface area contributed by atoms with Gasteiger partial charge in [0, 0.05) is 0 Å². The minimum Gasteiger partial charge on any atom is -0.319 e. The Morgan fingerprint density at radius 2 is 1.58 bits per heavy atom. The molecule has 0 aliphatic rings. The van der Waals surface area contributed by atoms with Crippen LogP contribution in [0.25, 0.3) is 11.1 Å². The number of nitrogens with zero attached hydrogens (tertiary/aromatic N) is 2. The van der Waals surface area contributed by atoms with Crippen LogP contribution in [0.5, 0.6) is 0 Å². The summed E-state index contributed by atoms with van der Waals surface area (Å²) in [5.41, 5.74) is 10.4. The molecule has 1 heterocycles. The van der Waals surface area contributed by atoms with Crippen LogP contribution in [-0.2, 0) is 0 Å². The van der Waals surface area contributed by atoms with Crippen LogP contribution in [-0.4, -0.2) is 8.75 Å². The molecule has 0 saturated carbocycles. The Kier molecular flexibility index (Phi) is 3.35. The van der Waals surface area contributed by atoms with E-state index in [1.165, 1.54) is 22.9 Å². The molecule has 3 rings (SSSR count). The van der Waals surface area contributed by atoms with Gasteiger partial charge in [-0.1, -0.05) is 54.6 Å². The fraction of sp³-hybridized carbons (Fsp3) is 0.0667. The molecule has 3 nitrogen and oxygen atoms in total. The zero-order valence-corrected chi connectivity index (χ0v) is 11.0. The normalized spacial score (nSPS) is 12.3. The van der Waals surface area contributed by atoms with Gasteiger partial charge in [0.2, 0.25) is 0 Å². The number of benzene rings is 2. The van der Waals surface area contributed by atoms with E-state index in [0.29, 0.717) is 0 Å². The summed E-state index contributed by atoms with van der Waals surface area (Å²) < 4.78 is 8.16. The molecule has 2 aromatic carbocycles. The lowest BCUT2D eigenvalue weighted by Gasteiger charge is -2.09. The van der Waals surface area contributed by atoms with Crippen LogP contribution < -0.4 is 5.73 Å². The molecule has 0 spiro atoms. The summed E-state index contributed by atoms with van der Waals surface area (Å²) in [6.45, 7) is 0. The molecule has 94 valence electrons. The summed E-state index contributed by atoms with van der Waals surface area (Å²) >= 11 is 1.18. The van der Waals surface area contributed by atoms with E-state index in [9.17, 15) is 0 Å². The molecule has 3 aromatic rings. The van der Waals surface area contributed by atoms with Gasteiger partial charge < -0.3 is 5.73 Å². The van der Waals surface area contributed by atoms with Crippen LogP contribution in [0.4, 0.5) is 0 Å². The van der Waals surface area contributed by atoms with E-state index in [0.717, 1.165) is 11.3 Å². The van der Waals surface area contributed by atoms with E-state index in [-0.39, 0.29) is 6.04 Å². The third-order valence-corrected chi connectivity index (χ3v) is 3.57. The molecule has 4 heteroatoms. The zero-order chi connectivity index (χ0) is 13.1. The lowest BCUT2D eigenvalue weighted by Crippen LogP contribution is -2.11. The van der Waals surface area contributed by atoms with Crippen LogP contribution in [0.2, 0.25) is 0 Å².